The van der Waals surface area contributed by atoms with Crippen molar-refractivity contribution in [3.63, 3.8) is 0 Å². The maximum Gasteiger partial charge on any atom is 0.173 e. The second-order valence-electron chi connectivity index (χ2n) is 8.37. The third-order valence-electron chi connectivity index (χ3n) is 6.42. The van der Waals surface area contributed by atoms with E-state index in [9.17, 15) is 0 Å². The van der Waals surface area contributed by atoms with Gasteiger partial charge in [-0.1, -0.05) is 97.1 Å². The molecule has 0 amide bonds. The summed E-state index contributed by atoms with van der Waals surface area (Å²) in [6.45, 7) is 0. The monoisotopic (exact) mass is 438 g/mol. The molecule has 0 atom stereocenters. The third-order valence-corrected chi connectivity index (χ3v) is 7.19. The molecule has 0 N–H and O–H groups in total. The van der Waals surface area contributed by atoms with Crippen LogP contribution in [-0.4, -0.2) is 9.36 Å². The molecule has 0 unspecified atom stereocenters. The van der Waals surface area contributed by atoms with Crippen LogP contribution >= 0.6 is 11.5 Å². The van der Waals surface area contributed by atoms with Gasteiger partial charge in [0.25, 0.3) is 0 Å². The van der Waals surface area contributed by atoms with Crippen molar-refractivity contribution in [2.45, 2.75) is 0 Å². The Kier molecular flexibility index (Phi) is 4.05. The highest BCUT2D eigenvalue weighted by atomic mass is 32.1. The smallest absolute Gasteiger partial charge is 0.173 e. The first-order valence-corrected chi connectivity index (χ1v) is 11.8. The number of rotatable bonds is 2. The Labute approximate surface area is 194 Å². The molecule has 1 heterocycles. The summed E-state index contributed by atoms with van der Waals surface area (Å²) >= 11 is 1.46. The van der Waals surface area contributed by atoms with Gasteiger partial charge in [-0.25, -0.2) is 4.98 Å². The van der Waals surface area contributed by atoms with E-state index in [1.807, 2.05) is 0 Å². The molecule has 0 aliphatic carbocycles. The predicted octanol–water partition coefficient (Wildman–Crippen LogP) is 8.48. The lowest BCUT2D eigenvalue weighted by molar-refractivity contribution is 1.33. The lowest BCUT2D eigenvalue weighted by Gasteiger charge is -2.06. The van der Waals surface area contributed by atoms with E-state index in [0.29, 0.717) is 0 Å². The van der Waals surface area contributed by atoms with Crippen LogP contribution in [0.2, 0.25) is 0 Å². The van der Waals surface area contributed by atoms with Crippen molar-refractivity contribution in [2.75, 3.05) is 0 Å². The minimum Gasteiger partial charge on any atom is -0.215 e. The largest absolute Gasteiger partial charge is 0.215 e. The summed E-state index contributed by atoms with van der Waals surface area (Å²) < 4.78 is 4.70. The normalized spacial score (nSPS) is 11.6. The second kappa shape index (κ2) is 7.22. The zero-order valence-electron chi connectivity index (χ0n) is 17.7. The van der Waals surface area contributed by atoms with E-state index < -0.39 is 0 Å². The molecule has 3 heteroatoms. The molecule has 1 aromatic heterocycles. The first-order valence-electron chi connectivity index (χ1n) is 11.0. The Morgan fingerprint density at radius 3 is 1.82 bits per heavy atom. The van der Waals surface area contributed by atoms with Gasteiger partial charge in [-0.05, 0) is 66.8 Å². The highest BCUT2D eigenvalue weighted by molar-refractivity contribution is 7.09. The molecule has 0 aliphatic heterocycles. The molecule has 33 heavy (non-hydrogen) atoms. The number of aromatic nitrogens is 2. The predicted molar refractivity (Wildman–Crippen MR) is 141 cm³/mol. The molecule has 6 aromatic carbocycles. The van der Waals surface area contributed by atoms with Gasteiger partial charge in [-0.15, -0.1) is 0 Å². The lowest BCUT2D eigenvalue weighted by atomic mass is 10.00. The Balaban J connectivity index is 1.32. The Morgan fingerprint density at radius 2 is 1.03 bits per heavy atom. The van der Waals surface area contributed by atoms with Crippen molar-refractivity contribution < 1.29 is 0 Å². The Bertz CT molecular complexity index is 1830. The van der Waals surface area contributed by atoms with Crippen LogP contribution < -0.4 is 0 Å². The van der Waals surface area contributed by atoms with E-state index >= 15 is 0 Å². The van der Waals surface area contributed by atoms with Crippen molar-refractivity contribution in [3.8, 4) is 22.0 Å². The zero-order valence-corrected chi connectivity index (χ0v) is 18.5. The zero-order chi connectivity index (χ0) is 21.8. The van der Waals surface area contributed by atoms with Gasteiger partial charge in [-0.2, -0.15) is 4.37 Å². The molecule has 0 saturated carbocycles. The van der Waals surface area contributed by atoms with Crippen molar-refractivity contribution in [2.24, 2.45) is 0 Å². The van der Waals surface area contributed by atoms with E-state index in [2.05, 4.69) is 109 Å². The van der Waals surface area contributed by atoms with Crippen LogP contribution in [0.25, 0.3) is 65.0 Å². The van der Waals surface area contributed by atoms with Gasteiger partial charge in [0.05, 0.1) is 0 Å². The van der Waals surface area contributed by atoms with Gasteiger partial charge in [-0.3, -0.25) is 0 Å². The van der Waals surface area contributed by atoms with E-state index in [-0.39, 0.29) is 0 Å². The molecule has 7 aromatic rings. The molecule has 154 valence electrons. The molecule has 0 radical (unpaired) electrons. The average molecular weight is 439 g/mol. The van der Waals surface area contributed by atoms with Gasteiger partial charge in [0, 0.05) is 11.1 Å². The topological polar surface area (TPSA) is 25.8 Å². The van der Waals surface area contributed by atoms with Gasteiger partial charge in [0.1, 0.15) is 5.01 Å². The maximum absolute atomic E-state index is 4.91. The molecule has 0 bridgehead atoms. The fourth-order valence-electron chi connectivity index (χ4n) is 4.75. The fourth-order valence-corrected chi connectivity index (χ4v) is 5.42. The number of hydrogen-bond acceptors (Lipinski definition) is 3. The summed E-state index contributed by atoms with van der Waals surface area (Å²) in [5, 5.41) is 11.0. The van der Waals surface area contributed by atoms with Gasteiger partial charge < -0.3 is 0 Å². The van der Waals surface area contributed by atoms with Crippen LogP contribution in [0.4, 0.5) is 0 Å². The Morgan fingerprint density at radius 1 is 0.455 bits per heavy atom. The summed E-state index contributed by atoms with van der Waals surface area (Å²) in [7, 11) is 0. The fraction of sp³-hybridized carbons (Fsp3) is 0. The lowest BCUT2D eigenvalue weighted by Crippen LogP contribution is -1.84. The summed E-state index contributed by atoms with van der Waals surface area (Å²) in [5.74, 6) is 0.781. The van der Waals surface area contributed by atoms with Crippen molar-refractivity contribution in [1.29, 1.82) is 0 Å². The first kappa shape index (κ1) is 18.5. The highest BCUT2D eigenvalue weighted by Gasteiger charge is 2.11. The van der Waals surface area contributed by atoms with Gasteiger partial charge in [0.2, 0.25) is 0 Å². The van der Waals surface area contributed by atoms with E-state index in [1.165, 1.54) is 54.6 Å². The van der Waals surface area contributed by atoms with Crippen molar-refractivity contribution >= 4 is 54.6 Å². The minimum atomic E-state index is 0.781. The van der Waals surface area contributed by atoms with Gasteiger partial charge in [0.15, 0.2) is 5.82 Å². The van der Waals surface area contributed by atoms with Crippen LogP contribution in [0.5, 0.6) is 0 Å². The molecule has 0 saturated heterocycles. The average Bonchev–Trinajstić information content (AvgIpc) is 3.38. The van der Waals surface area contributed by atoms with Crippen LogP contribution in [0.15, 0.2) is 109 Å². The van der Waals surface area contributed by atoms with E-state index in [1.54, 1.807) is 0 Å². The number of benzene rings is 6. The minimum absolute atomic E-state index is 0.781. The van der Waals surface area contributed by atoms with Crippen molar-refractivity contribution in [3.05, 3.63) is 109 Å². The molecule has 0 spiro atoms. The SMILES string of the molecule is c1ccc2c(c1)ccc1cc(-c3nsc(-c4ccc5ccc6ccccc6c5c4)n3)ccc12. The van der Waals surface area contributed by atoms with Crippen LogP contribution in [0.1, 0.15) is 0 Å². The standard InChI is InChI=1S/C30H18N2S/c1-3-7-25-19(5-1)11-13-22-17-23(15-16-27(22)25)29-31-30(33-32-29)24-14-12-21-10-9-20-6-2-4-8-26(20)28(21)18-24/h1-18H. The summed E-state index contributed by atoms with van der Waals surface area (Å²) in [5.41, 5.74) is 2.15. The van der Waals surface area contributed by atoms with Crippen LogP contribution in [-0.2, 0) is 0 Å². The first-order chi connectivity index (χ1) is 16.3. The molecular formula is C30H18N2S. The Hall–Kier alpha value is -4.08. The molecule has 0 aliphatic rings. The molecule has 2 nitrogen and oxygen atoms in total. The number of fused-ring (bicyclic) bond motifs is 6. The van der Waals surface area contributed by atoms with Crippen molar-refractivity contribution in [1.82, 2.24) is 9.36 Å². The molecular weight excluding hydrogens is 420 g/mol. The summed E-state index contributed by atoms with van der Waals surface area (Å²) in [4.78, 5) is 4.91. The van der Waals surface area contributed by atoms with E-state index in [0.717, 1.165) is 22.0 Å². The van der Waals surface area contributed by atoms with Crippen LogP contribution in [0, 0.1) is 0 Å². The third kappa shape index (κ3) is 3.01. The summed E-state index contributed by atoms with van der Waals surface area (Å²) in [6, 6.07) is 38.9. The number of hydrogen-bond donors (Lipinski definition) is 0. The van der Waals surface area contributed by atoms with E-state index in [4.69, 9.17) is 9.36 Å². The number of nitrogens with zero attached hydrogens (tertiary/aromatic N) is 2. The highest BCUT2D eigenvalue weighted by Crippen LogP contribution is 2.33. The van der Waals surface area contributed by atoms with Gasteiger partial charge >= 0.3 is 0 Å². The molecule has 7 rings (SSSR count). The van der Waals surface area contributed by atoms with Crippen LogP contribution in [0.3, 0.4) is 0 Å². The second-order valence-corrected chi connectivity index (χ2v) is 9.12. The maximum atomic E-state index is 4.91. The molecule has 0 fully saturated rings. The summed E-state index contributed by atoms with van der Waals surface area (Å²) in [6.07, 6.45) is 0. The quantitative estimate of drug-likeness (QED) is 0.253.